The van der Waals surface area contributed by atoms with Crippen LogP contribution in [0, 0.1) is 12.7 Å². The van der Waals surface area contributed by atoms with E-state index >= 15 is 0 Å². The normalized spacial score (nSPS) is 17.8. The molecular weight excluding hydrogens is 398 g/mol. The zero-order chi connectivity index (χ0) is 21.3. The predicted molar refractivity (Wildman–Crippen MR) is 91.8 cm³/mol. The number of benzene rings is 1. The first-order valence-corrected chi connectivity index (χ1v) is 8.61. The fraction of sp³-hybridized carbons (Fsp3) is 0.412. The van der Waals surface area contributed by atoms with E-state index in [9.17, 15) is 27.2 Å². The average molecular weight is 415 g/mol. The maximum Gasteiger partial charge on any atom is 0.410 e. The van der Waals surface area contributed by atoms with Crippen molar-refractivity contribution in [2.45, 2.75) is 38.4 Å². The van der Waals surface area contributed by atoms with Crippen LogP contribution in [0.2, 0.25) is 0 Å². The van der Waals surface area contributed by atoms with E-state index in [-0.39, 0.29) is 42.5 Å². The number of alkyl halides is 3. The number of halogens is 4. The summed E-state index contributed by atoms with van der Waals surface area (Å²) in [6.07, 6.45) is -4.04. The van der Waals surface area contributed by atoms with E-state index in [1.54, 1.807) is 13.0 Å². The highest BCUT2D eigenvalue weighted by atomic mass is 19.4. The van der Waals surface area contributed by atoms with Crippen LogP contribution in [-0.4, -0.2) is 39.4 Å². The molecule has 2 amide bonds. The number of primary amides is 1. The average Bonchev–Trinajstić information content (AvgIpc) is 3.12. The minimum absolute atomic E-state index is 0.0854. The fourth-order valence-corrected chi connectivity index (χ4v) is 2.97. The van der Waals surface area contributed by atoms with Crippen molar-refractivity contribution in [2.75, 3.05) is 11.9 Å². The molecule has 0 fully saturated rings. The first-order valence-electron chi connectivity index (χ1n) is 8.61. The first-order chi connectivity index (χ1) is 13.6. The van der Waals surface area contributed by atoms with E-state index in [0.717, 1.165) is 10.2 Å². The molecule has 156 valence electrons. The molecule has 0 saturated heterocycles. The molecule has 0 spiro atoms. The number of aryl methyl sites for hydroxylation is 2. The van der Waals surface area contributed by atoms with Gasteiger partial charge in [-0.2, -0.15) is 13.2 Å². The Kier molecular flexibility index (Phi) is 5.44. The van der Waals surface area contributed by atoms with Gasteiger partial charge in [-0.15, -0.1) is 5.10 Å². The number of nitrogens with zero attached hydrogens (tertiary/aromatic N) is 3. The van der Waals surface area contributed by atoms with Crippen LogP contribution in [0.5, 0.6) is 5.75 Å². The minimum Gasteiger partial charge on any atom is -0.491 e. The third-order valence-electron chi connectivity index (χ3n) is 4.29. The van der Waals surface area contributed by atoms with E-state index in [1.165, 1.54) is 6.07 Å². The molecule has 1 atom stereocenters. The number of nitrogens with one attached hydrogen (secondary N) is 1. The Morgan fingerprint density at radius 3 is 2.72 bits per heavy atom. The summed E-state index contributed by atoms with van der Waals surface area (Å²) < 4.78 is 56.7. The largest absolute Gasteiger partial charge is 0.491 e. The second kappa shape index (κ2) is 7.68. The maximum atomic E-state index is 13.4. The van der Waals surface area contributed by atoms with Crippen molar-refractivity contribution < 1.29 is 31.9 Å². The number of anilines is 1. The van der Waals surface area contributed by atoms with Crippen LogP contribution >= 0.6 is 0 Å². The van der Waals surface area contributed by atoms with Crippen LogP contribution in [0.3, 0.4) is 0 Å². The van der Waals surface area contributed by atoms with Crippen LogP contribution < -0.4 is 15.8 Å². The van der Waals surface area contributed by atoms with Crippen LogP contribution in [0.25, 0.3) is 0 Å². The molecule has 4 rings (SSSR count). The molecule has 1 aromatic carbocycles. The van der Waals surface area contributed by atoms with Crippen molar-refractivity contribution in [1.29, 1.82) is 0 Å². The highest BCUT2D eigenvalue weighted by molar-refractivity contribution is 5.93. The Morgan fingerprint density at radius 1 is 1.34 bits per heavy atom. The van der Waals surface area contributed by atoms with E-state index in [2.05, 4.69) is 15.4 Å². The fourth-order valence-electron chi connectivity index (χ4n) is 2.97. The van der Waals surface area contributed by atoms with Gasteiger partial charge in [0.2, 0.25) is 11.7 Å². The van der Waals surface area contributed by atoms with Gasteiger partial charge in [-0.25, -0.2) is 14.1 Å². The first kappa shape index (κ1) is 20.6. The molecule has 0 aliphatic carbocycles. The third kappa shape index (κ3) is 4.46. The van der Waals surface area contributed by atoms with Crippen LogP contribution in [0.4, 0.5) is 23.2 Å². The number of nitrogens with two attached hydrogens (primary N) is 1. The molecule has 0 saturated carbocycles. The highest BCUT2D eigenvalue weighted by Crippen LogP contribution is 2.38. The number of carbonyl (C=O) groups is 2. The Balaban J connectivity index is 0.000000166. The van der Waals surface area contributed by atoms with Gasteiger partial charge in [-0.1, -0.05) is 0 Å². The summed E-state index contributed by atoms with van der Waals surface area (Å²) in [6, 6.07) is 1.39. The van der Waals surface area contributed by atoms with Gasteiger partial charge in [-0.05, 0) is 31.0 Å². The van der Waals surface area contributed by atoms with Gasteiger partial charge in [0.25, 0.3) is 5.91 Å². The number of aromatic nitrogens is 3. The molecule has 0 bridgehead atoms. The van der Waals surface area contributed by atoms with Crippen LogP contribution in [0.15, 0.2) is 12.1 Å². The van der Waals surface area contributed by atoms with Crippen LogP contribution in [0.1, 0.15) is 40.9 Å². The zero-order valence-electron chi connectivity index (χ0n) is 15.2. The Hall–Kier alpha value is -3.18. The summed E-state index contributed by atoms with van der Waals surface area (Å²) in [7, 11) is 0. The number of fused-ring (bicyclic) bond motifs is 2. The number of hydrogen-bond donors (Lipinski definition) is 2. The van der Waals surface area contributed by atoms with Gasteiger partial charge in [0.15, 0.2) is 5.82 Å². The molecule has 2 aliphatic rings. The second-order valence-corrected chi connectivity index (χ2v) is 6.52. The van der Waals surface area contributed by atoms with Gasteiger partial charge >= 0.3 is 6.18 Å². The molecular formula is C17H17F4N5O3. The van der Waals surface area contributed by atoms with E-state index in [0.29, 0.717) is 12.4 Å². The van der Waals surface area contributed by atoms with Gasteiger partial charge < -0.3 is 15.8 Å². The molecule has 2 aromatic rings. The third-order valence-corrected chi connectivity index (χ3v) is 4.29. The summed E-state index contributed by atoms with van der Waals surface area (Å²) in [5.74, 6) is -1.38. The topological polar surface area (TPSA) is 112 Å². The van der Waals surface area contributed by atoms with Crippen molar-refractivity contribution in [2.24, 2.45) is 5.73 Å². The van der Waals surface area contributed by atoms with E-state index < -0.39 is 23.9 Å². The van der Waals surface area contributed by atoms with Crippen molar-refractivity contribution in [3.8, 4) is 5.75 Å². The highest BCUT2D eigenvalue weighted by Gasteiger charge is 2.46. The van der Waals surface area contributed by atoms with Crippen LogP contribution in [-0.2, 0) is 11.2 Å². The van der Waals surface area contributed by atoms with E-state index in [1.807, 2.05) is 0 Å². The molecule has 1 aromatic heterocycles. The molecule has 3 heterocycles. The van der Waals surface area contributed by atoms with Crippen molar-refractivity contribution in [3.63, 3.8) is 0 Å². The number of carbonyl (C=O) groups excluding carboxylic acids is 2. The lowest BCUT2D eigenvalue weighted by Gasteiger charge is -2.14. The quantitative estimate of drug-likeness (QED) is 0.694. The SMILES string of the molecule is Cc1cc(F)c2c(c1)OCCC(=O)N2.NC(=O)c1nc2n(n1)C(C(F)(F)F)CC2. The van der Waals surface area contributed by atoms with Crippen molar-refractivity contribution >= 4 is 17.5 Å². The minimum atomic E-state index is -4.37. The molecule has 3 N–H and O–H groups in total. The molecule has 2 aliphatic heterocycles. The summed E-state index contributed by atoms with van der Waals surface area (Å²) in [6.45, 7) is 2.07. The van der Waals surface area contributed by atoms with Crippen molar-refractivity contribution in [3.05, 3.63) is 35.2 Å². The van der Waals surface area contributed by atoms with Crippen molar-refractivity contribution in [1.82, 2.24) is 14.8 Å². The summed E-state index contributed by atoms with van der Waals surface area (Å²) >= 11 is 0. The Bertz CT molecular complexity index is 957. The zero-order valence-corrected chi connectivity index (χ0v) is 15.2. The molecule has 1 unspecified atom stereocenters. The molecule has 8 nitrogen and oxygen atoms in total. The number of amides is 2. The number of ether oxygens (including phenoxy) is 1. The monoisotopic (exact) mass is 415 g/mol. The predicted octanol–water partition coefficient (Wildman–Crippen LogP) is 2.28. The summed E-state index contributed by atoms with van der Waals surface area (Å²) in [5, 5.41) is 5.93. The van der Waals surface area contributed by atoms with Gasteiger partial charge in [-0.3, -0.25) is 9.59 Å². The lowest BCUT2D eigenvalue weighted by molar-refractivity contribution is -0.168. The maximum absolute atomic E-state index is 13.4. The van der Waals surface area contributed by atoms with Gasteiger partial charge in [0.1, 0.15) is 23.3 Å². The Morgan fingerprint density at radius 2 is 2.07 bits per heavy atom. The molecule has 12 heteroatoms. The second-order valence-electron chi connectivity index (χ2n) is 6.52. The lowest BCUT2D eigenvalue weighted by atomic mass is 10.2. The number of hydrogen-bond acceptors (Lipinski definition) is 5. The summed E-state index contributed by atoms with van der Waals surface area (Å²) in [5.41, 5.74) is 5.80. The van der Waals surface area contributed by atoms with Gasteiger partial charge in [0, 0.05) is 6.42 Å². The number of rotatable bonds is 1. The lowest BCUT2D eigenvalue weighted by Crippen LogP contribution is -2.25. The smallest absolute Gasteiger partial charge is 0.410 e. The van der Waals surface area contributed by atoms with E-state index in [4.69, 9.17) is 10.5 Å². The van der Waals surface area contributed by atoms with Gasteiger partial charge in [0.05, 0.1) is 13.0 Å². The molecule has 0 radical (unpaired) electrons. The standard InChI is InChI=1S/C10H10FNO2.C7H7F3N4O/c1-6-4-7(11)10-8(5-6)14-3-2-9(13)12-10;8-7(9,10)3-1-2-4-12-6(5(11)15)13-14(3)4/h4-5H,2-3H2,1H3,(H,12,13);3H,1-2H2,(H2,11,15). The molecule has 29 heavy (non-hydrogen) atoms. The Labute approximate surface area is 162 Å². The summed E-state index contributed by atoms with van der Waals surface area (Å²) in [4.78, 5) is 25.4.